The number of rotatable bonds is 8. The second kappa shape index (κ2) is 9.95. The number of fused-ring (bicyclic) bond motifs is 1. The lowest BCUT2D eigenvalue weighted by atomic mass is 10.2. The molecule has 4 rings (SSSR count). The Morgan fingerprint density at radius 2 is 1.73 bits per heavy atom. The number of nitrogens with one attached hydrogen (secondary N) is 1. The van der Waals surface area contributed by atoms with Crippen molar-refractivity contribution in [3.8, 4) is 11.5 Å². The fourth-order valence-corrected chi connectivity index (χ4v) is 5.21. The summed E-state index contributed by atoms with van der Waals surface area (Å²) in [5.74, 6) is 0.558. The molecule has 0 aromatic heterocycles. The molecule has 8 heteroatoms. The zero-order chi connectivity index (χ0) is 23.3. The molecule has 1 atom stereocenters. The average Bonchev–Trinajstić information content (AvgIpc) is 2.82. The zero-order valence-electron chi connectivity index (χ0n) is 18.3. The van der Waals surface area contributed by atoms with E-state index in [2.05, 4.69) is 5.32 Å². The van der Waals surface area contributed by atoms with Crippen LogP contribution in [-0.4, -0.2) is 40.1 Å². The summed E-state index contributed by atoms with van der Waals surface area (Å²) in [5, 5.41) is 2.78. The van der Waals surface area contributed by atoms with Gasteiger partial charge in [0.05, 0.1) is 24.5 Å². The van der Waals surface area contributed by atoms with Crippen LogP contribution in [0.1, 0.15) is 11.1 Å². The van der Waals surface area contributed by atoms with Crippen LogP contribution in [0.15, 0.2) is 78.9 Å². The number of ether oxygens (including phenoxy) is 2. The molecule has 1 heterocycles. The number of sulfonamides is 1. The van der Waals surface area contributed by atoms with Crippen LogP contribution in [0, 0.1) is 6.92 Å². The van der Waals surface area contributed by atoms with Gasteiger partial charge in [-0.15, -0.1) is 0 Å². The van der Waals surface area contributed by atoms with Crippen molar-refractivity contribution in [3.63, 3.8) is 0 Å². The zero-order valence-corrected chi connectivity index (χ0v) is 19.1. The lowest BCUT2D eigenvalue weighted by Gasteiger charge is -2.34. The van der Waals surface area contributed by atoms with E-state index in [9.17, 15) is 13.2 Å². The molecular weight excluding hydrogens is 440 g/mol. The van der Waals surface area contributed by atoms with Gasteiger partial charge >= 0.3 is 0 Å². The summed E-state index contributed by atoms with van der Waals surface area (Å²) in [4.78, 5) is 12.8. The number of para-hydroxylation sites is 3. The molecule has 3 aromatic rings. The number of aryl methyl sites for hydroxylation is 1. The van der Waals surface area contributed by atoms with Gasteiger partial charge in [-0.3, -0.25) is 9.10 Å². The van der Waals surface area contributed by atoms with Crippen molar-refractivity contribution in [3.05, 3.63) is 90.0 Å². The average molecular weight is 467 g/mol. The van der Waals surface area contributed by atoms with Crippen LogP contribution in [0.3, 0.4) is 0 Å². The van der Waals surface area contributed by atoms with Gasteiger partial charge in [0.2, 0.25) is 10.0 Å². The third-order valence-electron chi connectivity index (χ3n) is 5.31. The lowest BCUT2D eigenvalue weighted by Crippen LogP contribution is -2.51. The van der Waals surface area contributed by atoms with E-state index in [0.29, 0.717) is 17.0 Å². The van der Waals surface area contributed by atoms with Crippen LogP contribution in [-0.2, 0) is 20.6 Å². The molecule has 7 nitrogen and oxygen atoms in total. The van der Waals surface area contributed by atoms with Crippen molar-refractivity contribution in [2.75, 3.05) is 24.0 Å². The summed E-state index contributed by atoms with van der Waals surface area (Å²) in [7, 11) is -3.73. The predicted molar refractivity (Wildman–Crippen MR) is 127 cm³/mol. The summed E-state index contributed by atoms with van der Waals surface area (Å²) in [6.45, 7) is 2.41. The Kier molecular flexibility index (Phi) is 6.84. The highest BCUT2D eigenvalue weighted by molar-refractivity contribution is 7.92. The number of benzene rings is 3. The van der Waals surface area contributed by atoms with Gasteiger partial charge in [-0.2, -0.15) is 0 Å². The first kappa shape index (κ1) is 22.7. The Morgan fingerprint density at radius 1 is 1.03 bits per heavy atom. The topological polar surface area (TPSA) is 84.9 Å². The molecule has 1 amide bonds. The van der Waals surface area contributed by atoms with Crippen LogP contribution < -0.4 is 19.1 Å². The third kappa shape index (κ3) is 5.46. The van der Waals surface area contributed by atoms with E-state index in [-0.39, 0.29) is 25.4 Å². The van der Waals surface area contributed by atoms with Crippen molar-refractivity contribution in [1.29, 1.82) is 0 Å². The van der Waals surface area contributed by atoms with Crippen LogP contribution in [0.25, 0.3) is 0 Å². The van der Waals surface area contributed by atoms with E-state index < -0.39 is 22.0 Å². The van der Waals surface area contributed by atoms with Gasteiger partial charge in [-0.1, -0.05) is 60.7 Å². The van der Waals surface area contributed by atoms with Crippen LogP contribution >= 0.6 is 0 Å². The van der Waals surface area contributed by atoms with Crippen molar-refractivity contribution in [2.45, 2.75) is 18.8 Å². The number of carbonyl (C=O) groups excluding carboxylic acids is 1. The maximum atomic E-state index is 13.3. The van der Waals surface area contributed by atoms with Crippen LogP contribution in [0.4, 0.5) is 5.69 Å². The standard InChI is InChI=1S/C25H26N2O5S/c1-19-9-5-7-13-22(19)31-16-15-26-25(28)24-17-27(21-12-6-8-14-23(21)32-24)33(29,30)18-20-10-3-2-4-11-20/h2-14,24H,15-18H2,1H3,(H,26,28)/t24-/m1/s1. The Bertz CT molecular complexity index is 1210. The molecule has 1 aliphatic heterocycles. The minimum atomic E-state index is -3.73. The first-order valence-corrected chi connectivity index (χ1v) is 12.3. The molecule has 0 unspecified atom stereocenters. The van der Waals surface area contributed by atoms with Crippen LogP contribution in [0.5, 0.6) is 11.5 Å². The first-order chi connectivity index (χ1) is 15.9. The van der Waals surface area contributed by atoms with E-state index in [1.807, 2.05) is 37.3 Å². The largest absolute Gasteiger partial charge is 0.491 e. The summed E-state index contributed by atoms with van der Waals surface area (Å²) in [5.41, 5.74) is 2.12. The lowest BCUT2D eigenvalue weighted by molar-refractivity contribution is -0.127. The second-order valence-corrected chi connectivity index (χ2v) is 9.65. The number of carbonyl (C=O) groups is 1. The molecule has 0 saturated carbocycles. The van der Waals surface area contributed by atoms with Crippen molar-refractivity contribution >= 4 is 21.6 Å². The van der Waals surface area contributed by atoms with E-state index >= 15 is 0 Å². The molecule has 172 valence electrons. The van der Waals surface area contributed by atoms with Gasteiger partial charge in [0.15, 0.2) is 6.10 Å². The molecule has 33 heavy (non-hydrogen) atoms. The summed E-state index contributed by atoms with van der Waals surface area (Å²) >= 11 is 0. The van der Waals surface area contributed by atoms with Gasteiger partial charge in [0, 0.05) is 0 Å². The highest BCUT2D eigenvalue weighted by Crippen LogP contribution is 2.35. The Balaban J connectivity index is 1.43. The molecular formula is C25H26N2O5S. The number of hydrogen-bond donors (Lipinski definition) is 1. The maximum absolute atomic E-state index is 13.3. The van der Waals surface area contributed by atoms with Gasteiger partial charge in [-0.05, 0) is 36.2 Å². The van der Waals surface area contributed by atoms with E-state index in [1.54, 1.807) is 48.5 Å². The summed E-state index contributed by atoms with van der Waals surface area (Å²) in [6, 6.07) is 23.4. The van der Waals surface area contributed by atoms with Gasteiger partial charge in [0.25, 0.3) is 5.91 Å². The van der Waals surface area contributed by atoms with Crippen molar-refractivity contribution in [2.24, 2.45) is 0 Å². The van der Waals surface area contributed by atoms with Crippen LogP contribution in [0.2, 0.25) is 0 Å². The number of hydrogen-bond acceptors (Lipinski definition) is 5. The predicted octanol–water partition coefficient (Wildman–Crippen LogP) is 3.29. The normalized spacial score (nSPS) is 15.3. The Labute approximate surface area is 194 Å². The molecule has 0 bridgehead atoms. The number of anilines is 1. The summed E-state index contributed by atoms with van der Waals surface area (Å²) in [6.07, 6.45) is -0.969. The molecule has 3 aromatic carbocycles. The third-order valence-corrected chi connectivity index (χ3v) is 7.02. The minimum absolute atomic E-state index is 0.101. The number of amides is 1. The van der Waals surface area contributed by atoms with Gasteiger partial charge < -0.3 is 14.8 Å². The number of nitrogens with zero attached hydrogens (tertiary/aromatic N) is 1. The van der Waals surface area contributed by atoms with Gasteiger partial charge in [-0.25, -0.2) is 8.42 Å². The van der Waals surface area contributed by atoms with Crippen molar-refractivity contribution in [1.82, 2.24) is 5.32 Å². The molecule has 1 aliphatic rings. The SMILES string of the molecule is Cc1ccccc1OCCNC(=O)[C@H]1CN(S(=O)(=O)Cc2ccccc2)c2ccccc2O1. The first-order valence-electron chi connectivity index (χ1n) is 10.7. The van der Waals surface area contributed by atoms with E-state index in [1.165, 1.54) is 4.31 Å². The van der Waals surface area contributed by atoms with E-state index in [4.69, 9.17) is 9.47 Å². The molecule has 0 radical (unpaired) electrons. The van der Waals surface area contributed by atoms with E-state index in [0.717, 1.165) is 11.3 Å². The Hall–Kier alpha value is -3.52. The summed E-state index contributed by atoms with van der Waals surface area (Å²) < 4.78 is 39.3. The Morgan fingerprint density at radius 3 is 2.52 bits per heavy atom. The molecule has 0 fully saturated rings. The fraction of sp³-hybridized carbons (Fsp3) is 0.240. The monoisotopic (exact) mass is 466 g/mol. The fourth-order valence-electron chi connectivity index (χ4n) is 3.63. The minimum Gasteiger partial charge on any atom is -0.491 e. The quantitative estimate of drug-likeness (QED) is 0.515. The molecule has 1 N–H and O–H groups in total. The molecule has 0 saturated heterocycles. The molecule has 0 aliphatic carbocycles. The van der Waals surface area contributed by atoms with Gasteiger partial charge in [0.1, 0.15) is 18.1 Å². The highest BCUT2D eigenvalue weighted by Gasteiger charge is 2.36. The molecule has 0 spiro atoms. The van der Waals surface area contributed by atoms with Crippen molar-refractivity contribution < 1.29 is 22.7 Å². The smallest absolute Gasteiger partial charge is 0.263 e. The second-order valence-electron chi connectivity index (χ2n) is 7.75. The highest BCUT2D eigenvalue weighted by atomic mass is 32.2. The maximum Gasteiger partial charge on any atom is 0.263 e.